The SMILES string of the molecule is CCc1nc(C(=O)O)c(-c2ccc(OC)cc2Br)s1. The van der Waals surface area contributed by atoms with Crippen LogP contribution in [0.2, 0.25) is 0 Å². The van der Waals surface area contributed by atoms with Crippen LogP contribution in [0.4, 0.5) is 0 Å². The van der Waals surface area contributed by atoms with Gasteiger partial charge in [-0.2, -0.15) is 0 Å². The lowest BCUT2D eigenvalue weighted by Crippen LogP contribution is -1.99. The number of aromatic nitrogens is 1. The third-order valence-electron chi connectivity index (χ3n) is 2.60. The third kappa shape index (κ3) is 2.79. The molecule has 1 aromatic heterocycles. The normalized spacial score (nSPS) is 10.5. The second-order valence-corrected chi connectivity index (χ2v) is 5.73. The molecular formula is C13H12BrNO3S. The Bertz CT molecular complexity index is 624. The maximum absolute atomic E-state index is 11.3. The highest BCUT2D eigenvalue weighted by molar-refractivity contribution is 9.10. The molecule has 0 unspecified atom stereocenters. The van der Waals surface area contributed by atoms with E-state index in [4.69, 9.17) is 4.74 Å². The van der Waals surface area contributed by atoms with Crippen LogP contribution < -0.4 is 4.74 Å². The highest BCUT2D eigenvalue weighted by atomic mass is 79.9. The smallest absolute Gasteiger partial charge is 0.356 e. The van der Waals surface area contributed by atoms with Crippen LogP contribution in [0.3, 0.4) is 0 Å². The van der Waals surface area contributed by atoms with Gasteiger partial charge in [0.2, 0.25) is 0 Å². The number of aryl methyl sites for hydroxylation is 1. The molecule has 0 aliphatic carbocycles. The lowest BCUT2D eigenvalue weighted by molar-refractivity contribution is 0.0692. The van der Waals surface area contributed by atoms with Crippen molar-refractivity contribution in [3.63, 3.8) is 0 Å². The van der Waals surface area contributed by atoms with Crippen LogP contribution >= 0.6 is 27.3 Å². The molecule has 0 amide bonds. The van der Waals surface area contributed by atoms with Crippen molar-refractivity contribution in [1.82, 2.24) is 4.98 Å². The molecule has 0 atom stereocenters. The zero-order valence-electron chi connectivity index (χ0n) is 10.4. The molecule has 0 spiro atoms. The fraction of sp³-hybridized carbons (Fsp3) is 0.231. The number of thiazole rings is 1. The first-order valence-electron chi connectivity index (χ1n) is 5.63. The molecule has 1 aromatic carbocycles. The molecule has 0 saturated heterocycles. The van der Waals surface area contributed by atoms with E-state index in [0.29, 0.717) is 10.6 Å². The lowest BCUT2D eigenvalue weighted by atomic mass is 10.1. The molecule has 1 heterocycles. The van der Waals surface area contributed by atoms with Crippen LogP contribution in [0, 0.1) is 0 Å². The summed E-state index contributed by atoms with van der Waals surface area (Å²) in [5.41, 5.74) is 0.920. The van der Waals surface area contributed by atoms with Crippen molar-refractivity contribution < 1.29 is 14.6 Å². The van der Waals surface area contributed by atoms with Gasteiger partial charge in [0.15, 0.2) is 5.69 Å². The summed E-state index contributed by atoms with van der Waals surface area (Å²) >= 11 is 4.85. The Hall–Kier alpha value is -1.40. The fourth-order valence-electron chi connectivity index (χ4n) is 1.65. The summed E-state index contributed by atoms with van der Waals surface area (Å²) in [5, 5.41) is 10.0. The fourth-order valence-corrected chi connectivity index (χ4v) is 3.37. The summed E-state index contributed by atoms with van der Waals surface area (Å²) in [6, 6.07) is 5.45. The van der Waals surface area contributed by atoms with Crippen molar-refractivity contribution in [3.05, 3.63) is 33.4 Å². The van der Waals surface area contributed by atoms with Crippen LogP contribution in [0.5, 0.6) is 5.75 Å². The Morgan fingerprint density at radius 1 is 1.53 bits per heavy atom. The lowest BCUT2D eigenvalue weighted by Gasteiger charge is -2.05. The molecule has 4 nitrogen and oxygen atoms in total. The zero-order chi connectivity index (χ0) is 14.0. The quantitative estimate of drug-likeness (QED) is 0.917. The number of carbonyl (C=O) groups is 1. The van der Waals surface area contributed by atoms with Gasteiger partial charge in [0.05, 0.1) is 17.0 Å². The summed E-state index contributed by atoms with van der Waals surface area (Å²) in [5.74, 6) is -0.290. The average Bonchev–Trinajstić information content (AvgIpc) is 2.82. The first-order valence-corrected chi connectivity index (χ1v) is 7.24. The predicted octanol–water partition coefficient (Wildman–Crippen LogP) is 3.84. The van der Waals surface area contributed by atoms with Gasteiger partial charge in [-0.3, -0.25) is 0 Å². The molecule has 0 radical (unpaired) electrons. The average molecular weight is 342 g/mol. The molecule has 0 aliphatic rings. The number of hydrogen-bond donors (Lipinski definition) is 1. The van der Waals surface area contributed by atoms with Gasteiger partial charge in [-0.15, -0.1) is 11.3 Å². The molecule has 0 aliphatic heterocycles. The van der Waals surface area contributed by atoms with Crippen molar-refractivity contribution in [2.45, 2.75) is 13.3 Å². The molecule has 2 aromatic rings. The molecule has 0 fully saturated rings. The summed E-state index contributed by atoms with van der Waals surface area (Å²) < 4.78 is 5.92. The second kappa shape index (κ2) is 5.71. The number of rotatable bonds is 4. The number of methoxy groups -OCH3 is 1. The molecule has 100 valence electrons. The van der Waals surface area contributed by atoms with Crippen LogP contribution in [0.15, 0.2) is 22.7 Å². The highest BCUT2D eigenvalue weighted by Crippen LogP contribution is 2.37. The molecule has 6 heteroatoms. The number of carboxylic acid groups (broad SMARTS) is 1. The number of nitrogens with zero attached hydrogens (tertiary/aromatic N) is 1. The second-order valence-electron chi connectivity index (χ2n) is 3.79. The van der Waals surface area contributed by atoms with Crippen LogP contribution in [-0.2, 0) is 6.42 Å². The van der Waals surface area contributed by atoms with E-state index in [-0.39, 0.29) is 5.69 Å². The monoisotopic (exact) mass is 341 g/mol. The van der Waals surface area contributed by atoms with Crippen molar-refractivity contribution in [3.8, 4) is 16.2 Å². The predicted molar refractivity (Wildman–Crippen MR) is 78.1 cm³/mol. The Balaban J connectivity index is 2.57. The van der Waals surface area contributed by atoms with Gasteiger partial charge < -0.3 is 9.84 Å². The summed E-state index contributed by atoms with van der Waals surface area (Å²) in [6.45, 7) is 1.96. The van der Waals surface area contributed by atoms with Crippen molar-refractivity contribution in [2.75, 3.05) is 7.11 Å². The largest absolute Gasteiger partial charge is 0.497 e. The molecule has 0 bridgehead atoms. The Morgan fingerprint density at radius 3 is 2.79 bits per heavy atom. The van der Waals surface area contributed by atoms with Gasteiger partial charge in [-0.05, 0) is 40.5 Å². The van der Waals surface area contributed by atoms with E-state index in [1.807, 2.05) is 19.1 Å². The van der Waals surface area contributed by atoms with E-state index in [1.54, 1.807) is 13.2 Å². The molecule has 0 saturated carbocycles. The molecule has 1 N–H and O–H groups in total. The van der Waals surface area contributed by atoms with Crippen LogP contribution in [-0.4, -0.2) is 23.2 Å². The first-order chi connectivity index (χ1) is 9.06. The standard InChI is InChI=1S/C13H12BrNO3S/c1-3-10-15-11(13(16)17)12(19-10)8-5-4-7(18-2)6-9(8)14/h4-6H,3H2,1-2H3,(H,16,17). The number of hydrogen-bond acceptors (Lipinski definition) is 4. The zero-order valence-corrected chi connectivity index (χ0v) is 12.8. The molecule has 2 rings (SSSR count). The van der Waals surface area contributed by atoms with Gasteiger partial charge in [0.25, 0.3) is 0 Å². The summed E-state index contributed by atoms with van der Waals surface area (Å²) in [4.78, 5) is 16.1. The number of benzene rings is 1. The van der Waals surface area contributed by atoms with Crippen LogP contribution in [0.1, 0.15) is 22.4 Å². The van der Waals surface area contributed by atoms with E-state index in [2.05, 4.69) is 20.9 Å². The maximum Gasteiger partial charge on any atom is 0.356 e. The topological polar surface area (TPSA) is 59.4 Å². The Labute approximate surface area is 123 Å². The van der Waals surface area contributed by atoms with Crippen molar-refractivity contribution in [2.24, 2.45) is 0 Å². The van der Waals surface area contributed by atoms with Crippen molar-refractivity contribution >= 4 is 33.2 Å². The minimum absolute atomic E-state index is 0.104. The van der Waals surface area contributed by atoms with Crippen LogP contribution in [0.25, 0.3) is 10.4 Å². The third-order valence-corrected chi connectivity index (χ3v) is 4.49. The Kier molecular flexibility index (Phi) is 4.21. The molecular weight excluding hydrogens is 330 g/mol. The van der Waals surface area contributed by atoms with Gasteiger partial charge in [0, 0.05) is 10.0 Å². The van der Waals surface area contributed by atoms with E-state index in [9.17, 15) is 9.90 Å². The number of halogens is 1. The first kappa shape index (κ1) is 14.0. The van der Waals surface area contributed by atoms with E-state index < -0.39 is 5.97 Å². The number of ether oxygens (including phenoxy) is 1. The molecule has 19 heavy (non-hydrogen) atoms. The van der Waals surface area contributed by atoms with Gasteiger partial charge in [0.1, 0.15) is 5.75 Å². The maximum atomic E-state index is 11.3. The number of carboxylic acids is 1. The van der Waals surface area contributed by atoms with Crippen molar-refractivity contribution in [1.29, 1.82) is 0 Å². The number of aromatic carboxylic acids is 1. The van der Waals surface area contributed by atoms with E-state index >= 15 is 0 Å². The van der Waals surface area contributed by atoms with Gasteiger partial charge in [-0.1, -0.05) is 6.92 Å². The minimum Gasteiger partial charge on any atom is -0.497 e. The Morgan fingerprint density at radius 2 is 2.26 bits per heavy atom. The van der Waals surface area contributed by atoms with E-state index in [1.165, 1.54) is 11.3 Å². The summed E-state index contributed by atoms with van der Waals surface area (Å²) in [7, 11) is 1.59. The summed E-state index contributed by atoms with van der Waals surface area (Å²) in [6.07, 6.45) is 0.721. The highest BCUT2D eigenvalue weighted by Gasteiger charge is 2.20. The minimum atomic E-state index is -1.01. The van der Waals surface area contributed by atoms with E-state index in [0.717, 1.165) is 21.5 Å². The van der Waals surface area contributed by atoms with Gasteiger partial charge >= 0.3 is 5.97 Å². The van der Waals surface area contributed by atoms with Gasteiger partial charge in [-0.25, -0.2) is 9.78 Å².